The van der Waals surface area contributed by atoms with Crippen LogP contribution in [-0.4, -0.2) is 41.5 Å². The van der Waals surface area contributed by atoms with Gasteiger partial charge in [-0.1, -0.05) is 23.7 Å². The molecule has 0 amide bonds. The van der Waals surface area contributed by atoms with E-state index in [1.807, 2.05) is 12.1 Å². The van der Waals surface area contributed by atoms with E-state index < -0.39 is 0 Å². The molecule has 1 atom stereocenters. The molecule has 17 heavy (non-hydrogen) atoms. The summed E-state index contributed by atoms with van der Waals surface area (Å²) in [6.45, 7) is 3.61. The predicted octanol–water partition coefficient (Wildman–Crippen LogP) is 1.69. The zero-order valence-electron chi connectivity index (χ0n) is 9.77. The number of β-amino-alcohol motifs (C(OH)–C–C–N with tert-alkyl or cyclic N) is 1. The fourth-order valence-electron chi connectivity index (χ4n) is 2.11. The molecule has 1 saturated heterocycles. The summed E-state index contributed by atoms with van der Waals surface area (Å²) in [4.78, 5) is 13.8. The highest BCUT2D eigenvalue weighted by Crippen LogP contribution is 2.22. The number of carbonyl (C=O) groups is 1. The van der Waals surface area contributed by atoms with Gasteiger partial charge in [-0.05, 0) is 24.6 Å². The van der Waals surface area contributed by atoms with E-state index in [1.165, 1.54) is 0 Å². The number of hydrogen-bond donors (Lipinski definition) is 1. The maximum atomic E-state index is 11.7. The van der Waals surface area contributed by atoms with Gasteiger partial charge in [0.1, 0.15) is 5.78 Å². The summed E-state index contributed by atoms with van der Waals surface area (Å²) >= 11 is 5.83. The molecular formula is C13H16ClNO2. The second kappa shape index (κ2) is 5.17. The van der Waals surface area contributed by atoms with Gasteiger partial charge in [-0.15, -0.1) is 0 Å². The van der Waals surface area contributed by atoms with Crippen LogP contribution in [0.4, 0.5) is 0 Å². The average molecular weight is 254 g/mol. The highest BCUT2D eigenvalue weighted by atomic mass is 35.5. The smallest absolute Gasteiger partial charge is 0.138 e. The number of benzene rings is 1. The van der Waals surface area contributed by atoms with E-state index in [9.17, 15) is 9.90 Å². The summed E-state index contributed by atoms with van der Waals surface area (Å²) in [5.74, 6) is 0.0217. The van der Waals surface area contributed by atoms with Gasteiger partial charge in [0.2, 0.25) is 0 Å². The molecule has 1 aliphatic heterocycles. The first-order valence-corrected chi connectivity index (χ1v) is 6.10. The summed E-state index contributed by atoms with van der Waals surface area (Å²) in [6.07, 6.45) is -0.229. The number of carbonyl (C=O) groups excluding carboxylic acids is 1. The number of aliphatic hydroxyl groups is 1. The number of ketones is 1. The third-order valence-corrected chi connectivity index (χ3v) is 3.39. The SMILES string of the molecule is CC(=O)C(CN1CC(O)C1)c1ccc(Cl)cc1. The van der Waals surface area contributed by atoms with Gasteiger partial charge in [0.05, 0.1) is 12.0 Å². The van der Waals surface area contributed by atoms with E-state index in [0.717, 1.165) is 5.56 Å². The summed E-state index contributed by atoms with van der Waals surface area (Å²) in [7, 11) is 0. The fourth-order valence-corrected chi connectivity index (χ4v) is 2.24. The Morgan fingerprint density at radius 3 is 2.53 bits per heavy atom. The van der Waals surface area contributed by atoms with Crippen molar-refractivity contribution in [3.05, 3.63) is 34.9 Å². The van der Waals surface area contributed by atoms with Crippen LogP contribution in [0.3, 0.4) is 0 Å². The Kier molecular flexibility index (Phi) is 3.82. The normalized spacial score (nSPS) is 18.8. The second-order valence-electron chi connectivity index (χ2n) is 4.59. The zero-order valence-corrected chi connectivity index (χ0v) is 10.5. The van der Waals surface area contributed by atoms with Crippen molar-refractivity contribution in [2.75, 3.05) is 19.6 Å². The van der Waals surface area contributed by atoms with Gasteiger partial charge in [-0.3, -0.25) is 9.69 Å². The molecule has 1 aromatic rings. The molecule has 0 bridgehead atoms. The van der Waals surface area contributed by atoms with Gasteiger partial charge in [0.15, 0.2) is 0 Å². The van der Waals surface area contributed by atoms with E-state index in [0.29, 0.717) is 24.7 Å². The molecule has 0 saturated carbocycles. The lowest BCUT2D eigenvalue weighted by molar-refractivity contribution is -0.119. The quantitative estimate of drug-likeness (QED) is 0.888. The molecule has 1 unspecified atom stereocenters. The maximum Gasteiger partial charge on any atom is 0.138 e. The Morgan fingerprint density at radius 1 is 1.47 bits per heavy atom. The first-order chi connectivity index (χ1) is 8.06. The third kappa shape index (κ3) is 3.06. The number of aliphatic hydroxyl groups excluding tert-OH is 1. The average Bonchev–Trinajstić information content (AvgIpc) is 2.24. The maximum absolute atomic E-state index is 11.7. The van der Waals surface area contributed by atoms with Crippen molar-refractivity contribution in [3.63, 3.8) is 0 Å². The molecule has 0 radical (unpaired) electrons. The van der Waals surface area contributed by atoms with Crippen LogP contribution < -0.4 is 0 Å². The van der Waals surface area contributed by atoms with Gasteiger partial charge in [0, 0.05) is 24.7 Å². The van der Waals surface area contributed by atoms with E-state index in [-0.39, 0.29) is 17.8 Å². The monoisotopic (exact) mass is 253 g/mol. The molecule has 0 aromatic heterocycles. The van der Waals surface area contributed by atoms with Gasteiger partial charge in [-0.2, -0.15) is 0 Å². The van der Waals surface area contributed by atoms with Crippen molar-refractivity contribution in [1.29, 1.82) is 0 Å². The molecule has 2 rings (SSSR count). The van der Waals surface area contributed by atoms with E-state index >= 15 is 0 Å². The minimum absolute atomic E-state index is 0.125. The summed E-state index contributed by atoms with van der Waals surface area (Å²) in [6, 6.07) is 7.39. The Balaban J connectivity index is 2.06. The molecule has 92 valence electrons. The van der Waals surface area contributed by atoms with Crippen LogP contribution in [0, 0.1) is 0 Å². The standard InChI is InChI=1S/C13H16ClNO2/c1-9(16)13(8-15-6-12(17)7-15)10-2-4-11(14)5-3-10/h2-5,12-13,17H,6-8H2,1H3. The van der Waals surface area contributed by atoms with E-state index in [2.05, 4.69) is 4.90 Å². The lowest BCUT2D eigenvalue weighted by Crippen LogP contribution is -2.52. The van der Waals surface area contributed by atoms with Crippen molar-refractivity contribution < 1.29 is 9.90 Å². The molecule has 1 aliphatic rings. The highest BCUT2D eigenvalue weighted by molar-refractivity contribution is 6.30. The Labute approximate surface area is 106 Å². The van der Waals surface area contributed by atoms with Crippen LogP contribution >= 0.6 is 11.6 Å². The molecule has 1 N–H and O–H groups in total. The number of Topliss-reactive ketones (excluding diaryl/α,β-unsaturated/α-hetero) is 1. The van der Waals surface area contributed by atoms with Crippen LogP contribution in [0.5, 0.6) is 0 Å². The Hall–Kier alpha value is -0.900. The molecule has 0 spiro atoms. The van der Waals surface area contributed by atoms with Crippen molar-refractivity contribution >= 4 is 17.4 Å². The van der Waals surface area contributed by atoms with Gasteiger partial charge in [0.25, 0.3) is 0 Å². The van der Waals surface area contributed by atoms with Crippen LogP contribution in [0.2, 0.25) is 5.02 Å². The second-order valence-corrected chi connectivity index (χ2v) is 5.02. The number of halogens is 1. The first-order valence-electron chi connectivity index (χ1n) is 5.72. The number of hydrogen-bond acceptors (Lipinski definition) is 3. The topological polar surface area (TPSA) is 40.5 Å². The van der Waals surface area contributed by atoms with Crippen molar-refractivity contribution in [2.45, 2.75) is 18.9 Å². The third-order valence-electron chi connectivity index (χ3n) is 3.14. The van der Waals surface area contributed by atoms with Crippen LogP contribution in [-0.2, 0) is 4.79 Å². The lowest BCUT2D eigenvalue weighted by Gasteiger charge is -2.37. The molecule has 0 aliphatic carbocycles. The molecule has 1 fully saturated rings. The first kappa shape index (κ1) is 12.6. The number of nitrogens with zero attached hydrogens (tertiary/aromatic N) is 1. The van der Waals surface area contributed by atoms with Crippen LogP contribution in [0.25, 0.3) is 0 Å². The van der Waals surface area contributed by atoms with Crippen LogP contribution in [0.15, 0.2) is 24.3 Å². The van der Waals surface area contributed by atoms with E-state index in [1.54, 1.807) is 19.1 Å². The van der Waals surface area contributed by atoms with Crippen LogP contribution in [0.1, 0.15) is 18.4 Å². The predicted molar refractivity (Wildman–Crippen MR) is 67.3 cm³/mol. The largest absolute Gasteiger partial charge is 0.390 e. The molecule has 3 nitrogen and oxygen atoms in total. The Morgan fingerprint density at radius 2 is 2.06 bits per heavy atom. The zero-order chi connectivity index (χ0) is 12.4. The highest BCUT2D eigenvalue weighted by Gasteiger charge is 2.28. The molecule has 4 heteroatoms. The Bertz CT molecular complexity index is 398. The van der Waals surface area contributed by atoms with Crippen molar-refractivity contribution in [3.8, 4) is 0 Å². The number of likely N-dealkylation sites (tertiary alicyclic amines) is 1. The minimum atomic E-state index is -0.229. The minimum Gasteiger partial charge on any atom is -0.390 e. The fraction of sp³-hybridized carbons (Fsp3) is 0.462. The van der Waals surface area contributed by atoms with Gasteiger partial charge in [-0.25, -0.2) is 0 Å². The summed E-state index contributed by atoms with van der Waals surface area (Å²) < 4.78 is 0. The van der Waals surface area contributed by atoms with Gasteiger partial charge >= 0.3 is 0 Å². The molecule has 1 heterocycles. The van der Waals surface area contributed by atoms with Crippen molar-refractivity contribution in [2.24, 2.45) is 0 Å². The lowest BCUT2D eigenvalue weighted by atomic mass is 9.93. The summed E-state index contributed by atoms with van der Waals surface area (Å²) in [5, 5.41) is 9.91. The van der Waals surface area contributed by atoms with Crippen molar-refractivity contribution in [1.82, 2.24) is 4.90 Å². The molecule has 1 aromatic carbocycles. The summed E-state index contributed by atoms with van der Waals surface area (Å²) in [5.41, 5.74) is 0.989. The van der Waals surface area contributed by atoms with E-state index in [4.69, 9.17) is 11.6 Å². The van der Waals surface area contributed by atoms with Gasteiger partial charge < -0.3 is 5.11 Å². The number of rotatable bonds is 4. The molecular weight excluding hydrogens is 238 g/mol.